The fourth-order valence-corrected chi connectivity index (χ4v) is 4.20. The van der Waals surface area contributed by atoms with E-state index in [0.29, 0.717) is 12.5 Å². The van der Waals surface area contributed by atoms with Crippen LogP contribution in [0.5, 0.6) is 0 Å². The number of piperazine rings is 1. The summed E-state index contributed by atoms with van der Waals surface area (Å²) in [6.07, 6.45) is 4.64. The van der Waals surface area contributed by atoms with E-state index in [4.69, 9.17) is 4.74 Å². The van der Waals surface area contributed by atoms with E-state index in [9.17, 15) is 4.79 Å². The maximum Gasteiger partial charge on any atom is 0.236 e. The maximum atomic E-state index is 12.7. The van der Waals surface area contributed by atoms with Crippen molar-refractivity contribution < 1.29 is 9.53 Å². The Morgan fingerprint density at radius 1 is 1.07 bits per heavy atom. The minimum Gasteiger partial charge on any atom is -0.384 e. The van der Waals surface area contributed by atoms with Gasteiger partial charge in [0.15, 0.2) is 5.82 Å². The lowest BCUT2D eigenvalue weighted by molar-refractivity contribution is -0.132. The van der Waals surface area contributed by atoms with Gasteiger partial charge in [-0.1, -0.05) is 0 Å². The predicted molar refractivity (Wildman–Crippen MR) is 113 cm³/mol. The van der Waals surface area contributed by atoms with Crippen LogP contribution in [0.25, 0.3) is 11.4 Å². The molecule has 4 rings (SSSR count). The van der Waals surface area contributed by atoms with Gasteiger partial charge in [-0.25, -0.2) is 9.97 Å². The largest absolute Gasteiger partial charge is 0.384 e. The SMILES string of the molecule is COCC1CCN(CC(=O)N2CCN(c3ccc(-c4ncccn4)cc3)CC2)C1. The molecule has 154 valence electrons. The number of anilines is 1. The van der Waals surface area contributed by atoms with Crippen molar-refractivity contribution in [2.45, 2.75) is 6.42 Å². The third kappa shape index (κ3) is 4.92. The van der Waals surface area contributed by atoms with Crippen LogP contribution < -0.4 is 4.90 Å². The van der Waals surface area contributed by atoms with Gasteiger partial charge in [-0.05, 0) is 49.2 Å². The van der Waals surface area contributed by atoms with E-state index in [1.165, 1.54) is 5.69 Å². The second-order valence-electron chi connectivity index (χ2n) is 7.83. The molecule has 1 atom stereocenters. The van der Waals surface area contributed by atoms with Crippen LogP contribution in [0.4, 0.5) is 5.69 Å². The number of ether oxygens (including phenoxy) is 1. The molecule has 7 nitrogen and oxygen atoms in total. The first-order valence-electron chi connectivity index (χ1n) is 10.3. The van der Waals surface area contributed by atoms with Gasteiger partial charge in [0.2, 0.25) is 5.91 Å². The summed E-state index contributed by atoms with van der Waals surface area (Å²) in [6.45, 7) is 6.56. The Kier molecular flexibility index (Phi) is 6.36. The van der Waals surface area contributed by atoms with Crippen molar-refractivity contribution in [2.75, 3.05) is 64.4 Å². The van der Waals surface area contributed by atoms with Crippen molar-refractivity contribution in [1.29, 1.82) is 0 Å². The van der Waals surface area contributed by atoms with E-state index < -0.39 is 0 Å². The number of nitrogens with zero attached hydrogens (tertiary/aromatic N) is 5. The third-order valence-corrected chi connectivity index (χ3v) is 5.82. The average Bonchev–Trinajstić information content (AvgIpc) is 3.22. The molecular formula is C22H29N5O2. The van der Waals surface area contributed by atoms with E-state index >= 15 is 0 Å². The maximum absolute atomic E-state index is 12.7. The lowest BCUT2D eigenvalue weighted by atomic mass is 10.1. The second kappa shape index (κ2) is 9.33. The molecule has 1 aromatic carbocycles. The molecule has 0 bridgehead atoms. The highest BCUT2D eigenvalue weighted by molar-refractivity contribution is 5.78. The summed E-state index contributed by atoms with van der Waals surface area (Å²) in [4.78, 5) is 27.9. The number of rotatable bonds is 6. The van der Waals surface area contributed by atoms with Crippen LogP contribution in [0.3, 0.4) is 0 Å². The molecule has 3 heterocycles. The number of hydrogen-bond acceptors (Lipinski definition) is 6. The molecule has 2 fully saturated rings. The molecule has 7 heteroatoms. The van der Waals surface area contributed by atoms with Crippen LogP contribution in [0.2, 0.25) is 0 Å². The molecule has 0 N–H and O–H groups in total. The number of methoxy groups -OCH3 is 1. The highest BCUT2D eigenvalue weighted by Gasteiger charge is 2.27. The fraction of sp³-hybridized carbons (Fsp3) is 0.500. The van der Waals surface area contributed by atoms with E-state index in [1.54, 1.807) is 19.5 Å². The smallest absolute Gasteiger partial charge is 0.236 e. The Bertz CT molecular complexity index is 791. The van der Waals surface area contributed by atoms with Crippen molar-refractivity contribution in [3.63, 3.8) is 0 Å². The fourth-order valence-electron chi connectivity index (χ4n) is 4.20. The number of benzene rings is 1. The topological polar surface area (TPSA) is 61.8 Å². The van der Waals surface area contributed by atoms with Crippen molar-refractivity contribution >= 4 is 11.6 Å². The van der Waals surface area contributed by atoms with Crippen LogP contribution in [0, 0.1) is 5.92 Å². The quantitative estimate of drug-likeness (QED) is 0.743. The van der Waals surface area contributed by atoms with Crippen LogP contribution in [-0.2, 0) is 9.53 Å². The Morgan fingerprint density at radius 2 is 1.79 bits per heavy atom. The molecule has 2 aliphatic rings. The van der Waals surface area contributed by atoms with Crippen molar-refractivity contribution in [1.82, 2.24) is 19.8 Å². The molecule has 2 aromatic rings. The van der Waals surface area contributed by atoms with Gasteiger partial charge in [-0.15, -0.1) is 0 Å². The molecule has 0 radical (unpaired) electrons. The van der Waals surface area contributed by atoms with Gasteiger partial charge in [0, 0.05) is 63.5 Å². The van der Waals surface area contributed by atoms with Crippen LogP contribution in [0.15, 0.2) is 42.7 Å². The molecule has 0 aliphatic carbocycles. The normalized spacial score (nSPS) is 20.2. The zero-order valence-corrected chi connectivity index (χ0v) is 17.0. The van der Waals surface area contributed by atoms with Crippen molar-refractivity contribution in [3.8, 4) is 11.4 Å². The monoisotopic (exact) mass is 395 g/mol. The number of hydrogen-bond donors (Lipinski definition) is 0. The lowest BCUT2D eigenvalue weighted by Crippen LogP contribution is -2.51. The number of carbonyl (C=O) groups excluding carboxylic acids is 1. The van der Waals surface area contributed by atoms with E-state index in [2.05, 4.69) is 44.0 Å². The summed E-state index contributed by atoms with van der Waals surface area (Å²) in [7, 11) is 1.75. The first-order valence-corrected chi connectivity index (χ1v) is 10.3. The Morgan fingerprint density at radius 3 is 2.48 bits per heavy atom. The molecule has 0 spiro atoms. The molecule has 2 saturated heterocycles. The Hall–Kier alpha value is -2.51. The zero-order valence-electron chi connectivity index (χ0n) is 17.0. The number of likely N-dealkylation sites (tertiary alicyclic amines) is 1. The summed E-state index contributed by atoms with van der Waals surface area (Å²) >= 11 is 0. The minimum atomic E-state index is 0.249. The first kappa shape index (κ1) is 19.8. The summed E-state index contributed by atoms with van der Waals surface area (Å²) in [5, 5.41) is 0. The molecular weight excluding hydrogens is 366 g/mol. The third-order valence-electron chi connectivity index (χ3n) is 5.82. The van der Waals surface area contributed by atoms with Gasteiger partial charge in [0.1, 0.15) is 0 Å². The molecule has 1 unspecified atom stereocenters. The number of aromatic nitrogens is 2. The highest BCUT2D eigenvalue weighted by Crippen LogP contribution is 2.22. The molecule has 1 amide bonds. The van der Waals surface area contributed by atoms with Crippen molar-refractivity contribution in [3.05, 3.63) is 42.7 Å². The molecule has 29 heavy (non-hydrogen) atoms. The van der Waals surface area contributed by atoms with Gasteiger partial charge in [-0.3, -0.25) is 9.69 Å². The van der Waals surface area contributed by atoms with E-state index in [-0.39, 0.29) is 5.91 Å². The van der Waals surface area contributed by atoms with Gasteiger partial charge in [0.05, 0.1) is 13.2 Å². The number of carbonyl (C=O) groups is 1. The van der Waals surface area contributed by atoms with E-state index in [0.717, 1.165) is 63.7 Å². The highest BCUT2D eigenvalue weighted by atomic mass is 16.5. The Labute approximate surface area is 172 Å². The van der Waals surface area contributed by atoms with Crippen LogP contribution >= 0.6 is 0 Å². The molecule has 0 saturated carbocycles. The lowest BCUT2D eigenvalue weighted by Gasteiger charge is -2.36. The van der Waals surface area contributed by atoms with Gasteiger partial charge >= 0.3 is 0 Å². The average molecular weight is 396 g/mol. The first-order chi connectivity index (χ1) is 14.2. The zero-order chi connectivity index (χ0) is 20.1. The summed E-state index contributed by atoms with van der Waals surface area (Å²) in [5.74, 6) is 1.55. The molecule has 1 aromatic heterocycles. The van der Waals surface area contributed by atoms with Crippen LogP contribution in [-0.4, -0.2) is 85.2 Å². The van der Waals surface area contributed by atoms with Gasteiger partial charge < -0.3 is 14.5 Å². The minimum absolute atomic E-state index is 0.249. The van der Waals surface area contributed by atoms with Crippen LogP contribution in [0.1, 0.15) is 6.42 Å². The Balaban J connectivity index is 1.26. The van der Waals surface area contributed by atoms with Crippen molar-refractivity contribution in [2.24, 2.45) is 5.92 Å². The van der Waals surface area contributed by atoms with Gasteiger partial charge in [-0.2, -0.15) is 0 Å². The second-order valence-corrected chi connectivity index (χ2v) is 7.83. The van der Waals surface area contributed by atoms with Gasteiger partial charge in [0.25, 0.3) is 0 Å². The standard InChI is InChI=1S/C22H29N5O2/c1-29-17-18-7-10-25(15-18)16-21(28)27-13-11-26(12-14-27)20-5-3-19(4-6-20)22-23-8-2-9-24-22/h2-6,8-9,18H,7,10-17H2,1H3. The molecule has 2 aliphatic heterocycles. The summed E-state index contributed by atoms with van der Waals surface area (Å²) < 4.78 is 5.25. The predicted octanol–water partition coefficient (Wildman–Crippen LogP) is 1.76. The van der Waals surface area contributed by atoms with E-state index in [1.807, 2.05) is 11.0 Å². The summed E-state index contributed by atoms with van der Waals surface area (Å²) in [6, 6.07) is 10.2. The summed E-state index contributed by atoms with van der Waals surface area (Å²) in [5.41, 5.74) is 2.19. The number of amides is 1.